The predicted octanol–water partition coefficient (Wildman–Crippen LogP) is 3.81. The molecule has 0 saturated heterocycles. The molecular formula is C9H7IS. The zero-order valence-corrected chi connectivity index (χ0v) is 9.07. The first kappa shape index (κ1) is 7.55. The van der Waals surface area contributed by atoms with E-state index in [9.17, 15) is 0 Å². The second-order valence-electron chi connectivity index (χ2n) is 2.54. The van der Waals surface area contributed by atoms with E-state index in [1.165, 1.54) is 18.5 Å². The summed E-state index contributed by atoms with van der Waals surface area (Å²) in [5, 5.41) is 1.40. The van der Waals surface area contributed by atoms with Gasteiger partial charge in [-0.1, -0.05) is 12.1 Å². The fourth-order valence-electron chi connectivity index (χ4n) is 1.18. The molecule has 0 radical (unpaired) electrons. The standard InChI is InChI=1S/C9H7IS/c1-6-3-2-4-8-7(6)5-9(10)11-8/h2-5H,1H3. The van der Waals surface area contributed by atoms with E-state index in [0.717, 1.165) is 0 Å². The first-order valence-electron chi connectivity index (χ1n) is 3.42. The number of halogens is 1. The topological polar surface area (TPSA) is 0 Å². The number of hydrogen-bond acceptors (Lipinski definition) is 1. The maximum atomic E-state index is 2.37. The van der Waals surface area contributed by atoms with Crippen LogP contribution >= 0.6 is 33.9 Å². The zero-order chi connectivity index (χ0) is 7.84. The van der Waals surface area contributed by atoms with Crippen molar-refractivity contribution < 1.29 is 0 Å². The second kappa shape index (κ2) is 2.75. The lowest BCUT2D eigenvalue weighted by atomic mass is 10.2. The molecule has 56 valence electrons. The summed E-state index contributed by atoms with van der Waals surface area (Å²) in [5.41, 5.74) is 1.38. The number of aryl methyl sites for hydroxylation is 1. The van der Waals surface area contributed by atoms with Crippen LogP contribution in [0.3, 0.4) is 0 Å². The van der Waals surface area contributed by atoms with Crippen molar-refractivity contribution in [1.29, 1.82) is 0 Å². The van der Waals surface area contributed by atoms with E-state index >= 15 is 0 Å². The van der Waals surface area contributed by atoms with Crippen LogP contribution < -0.4 is 0 Å². The van der Waals surface area contributed by atoms with Crippen molar-refractivity contribution in [2.75, 3.05) is 0 Å². The Hall–Kier alpha value is -0.0900. The number of rotatable bonds is 0. The Morgan fingerprint density at radius 3 is 2.91 bits per heavy atom. The lowest BCUT2D eigenvalue weighted by Crippen LogP contribution is -1.69. The van der Waals surface area contributed by atoms with Crippen LogP contribution in [0.1, 0.15) is 5.56 Å². The maximum Gasteiger partial charge on any atom is 0.0666 e. The Balaban J connectivity index is 2.90. The SMILES string of the molecule is Cc1cccc2sc(I)cc12. The summed E-state index contributed by atoms with van der Waals surface area (Å²) in [6, 6.07) is 8.69. The van der Waals surface area contributed by atoms with Gasteiger partial charge in [0.2, 0.25) is 0 Å². The van der Waals surface area contributed by atoms with Gasteiger partial charge in [-0.3, -0.25) is 0 Å². The third-order valence-electron chi connectivity index (χ3n) is 1.75. The van der Waals surface area contributed by atoms with Crippen molar-refractivity contribution in [2.24, 2.45) is 0 Å². The molecule has 0 aliphatic carbocycles. The van der Waals surface area contributed by atoms with Gasteiger partial charge in [0.15, 0.2) is 0 Å². The van der Waals surface area contributed by atoms with Crippen molar-refractivity contribution in [2.45, 2.75) is 6.92 Å². The normalized spacial score (nSPS) is 10.7. The largest absolute Gasteiger partial charge is 0.129 e. The Kier molecular flexibility index (Phi) is 1.89. The highest BCUT2D eigenvalue weighted by Gasteiger charge is 1.99. The minimum atomic E-state index is 1.37. The smallest absolute Gasteiger partial charge is 0.0666 e. The summed E-state index contributed by atoms with van der Waals surface area (Å²) < 4.78 is 2.77. The van der Waals surface area contributed by atoms with Crippen LogP contribution in [-0.4, -0.2) is 0 Å². The van der Waals surface area contributed by atoms with Gasteiger partial charge < -0.3 is 0 Å². The second-order valence-corrected chi connectivity index (χ2v) is 5.52. The predicted molar refractivity (Wildman–Crippen MR) is 59.3 cm³/mol. The molecule has 0 nitrogen and oxygen atoms in total. The van der Waals surface area contributed by atoms with Crippen LogP contribution in [0.5, 0.6) is 0 Å². The van der Waals surface area contributed by atoms with Gasteiger partial charge in [0.25, 0.3) is 0 Å². The Morgan fingerprint density at radius 1 is 1.36 bits per heavy atom. The molecular weight excluding hydrogens is 267 g/mol. The summed E-state index contributed by atoms with van der Waals surface area (Å²) in [4.78, 5) is 0. The molecule has 1 heterocycles. The number of hydrogen-bond donors (Lipinski definition) is 0. The summed E-state index contributed by atoms with van der Waals surface area (Å²) >= 11 is 4.22. The van der Waals surface area contributed by atoms with Gasteiger partial charge in [-0.05, 0) is 52.6 Å². The average molecular weight is 274 g/mol. The van der Waals surface area contributed by atoms with E-state index in [1.807, 2.05) is 11.3 Å². The van der Waals surface area contributed by atoms with Crippen LogP contribution in [0.25, 0.3) is 10.1 Å². The van der Waals surface area contributed by atoms with E-state index in [2.05, 4.69) is 53.8 Å². The molecule has 2 rings (SSSR count). The van der Waals surface area contributed by atoms with Crippen molar-refractivity contribution in [3.05, 3.63) is 32.7 Å². The van der Waals surface area contributed by atoms with E-state index in [4.69, 9.17) is 0 Å². The quantitative estimate of drug-likeness (QED) is 0.641. The van der Waals surface area contributed by atoms with Gasteiger partial charge in [0.05, 0.1) is 2.88 Å². The molecule has 0 fully saturated rings. The third-order valence-corrected chi connectivity index (χ3v) is 3.61. The first-order chi connectivity index (χ1) is 5.27. The lowest BCUT2D eigenvalue weighted by Gasteiger charge is -1.91. The van der Waals surface area contributed by atoms with Gasteiger partial charge in [-0.15, -0.1) is 11.3 Å². The van der Waals surface area contributed by atoms with Crippen LogP contribution in [0.2, 0.25) is 0 Å². The summed E-state index contributed by atoms with van der Waals surface area (Å²) in [5.74, 6) is 0. The molecule has 1 aromatic heterocycles. The zero-order valence-electron chi connectivity index (χ0n) is 6.10. The average Bonchev–Trinajstić information content (AvgIpc) is 2.31. The van der Waals surface area contributed by atoms with E-state index in [1.54, 1.807) is 0 Å². The van der Waals surface area contributed by atoms with Crippen molar-refractivity contribution in [3.8, 4) is 0 Å². The Bertz CT molecular complexity index is 389. The fourth-order valence-corrected chi connectivity index (χ4v) is 3.06. The molecule has 11 heavy (non-hydrogen) atoms. The van der Waals surface area contributed by atoms with E-state index < -0.39 is 0 Å². The molecule has 0 amide bonds. The minimum absolute atomic E-state index is 1.37. The van der Waals surface area contributed by atoms with Crippen LogP contribution in [0.15, 0.2) is 24.3 Å². The van der Waals surface area contributed by atoms with Gasteiger partial charge in [-0.2, -0.15) is 0 Å². The summed E-state index contributed by atoms with van der Waals surface area (Å²) in [6.45, 7) is 2.16. The first-order valence-corrected chi connectivity index (χ1v) is 5.31. The molecule has 0 N–H and O–H groups in total. The number of fused-ring (bicyclic) bond motifs is 1. The summed E-state index contributed by atoms with van der Waals surface area (Å²) in [7, 11) is 0. The van der Waals surface area contributed by atoms with Crippen molar-refractivity contribution in [1.82, 2.24) is 0 Å². The molecule has 0 unspecified atom stereocenters. The molecule has 0 atom stereocenters. The highest BCUT2D eigenvalue weighted by molar-refractivity contribution is 14.1. The molecule has 0 saturated carbocycles. The highest BCUT2D eigenvalue weighted by Crippen LogP contribution is 2.28. The van der Waals surface area contributed by atoms with Gasteiger partial charge in [0, 0.05) is 4.70 Å². The van der Waals surface area contributed by atoms with Gasteiger partial charge in [0.1, 0.15) is 0 Å². The van der Waals surface area contributed by atoms with Crippen LogP contribution in [0, 0.1) is 9.81 Å². The van der Waals surface area contributed by atoms with Crippen LogP contribution in [0.4, 0.5) is 0 Å². The molecule has 2 heteroatoms. The van der Waals surface area contributed by atoms with Crippen LogP contribution in [-0.2, 0) is 0 Å². The maximum absolute atomic E-state index is 2.37. The van der Waals surface area contributed by atoms with Crippen molar-refractivity contribution >= 4 is 44.0 Å². The Labute approximate surface area is 83.4 Å². The molecule has 1 aromatic carbocycles. The fraction of sp³-hybridized carbons (Fsp3) is 0.111. The summed E-state index contributed by atoms with van der Waals surface area (Å²) in [6.07, 6.45) is 0. The van der Waals surface area contributed by atoms with Crippen molar-refractivity contribution in [3.63, 3.8) is 0 Å². The molecule has 0 spiro atoms. The number of thiophene rings is 1. The van der Waals surface area contributed by atoms with Gasteiger partial charge >= 0.3 is 0 Å². The van der Waals surface area contributed by atoms with Gasteiger partial charge in [-0.25, -0.2) is 0 Å². The molecule has 0 bridgehead atoms. The monoisotopic (exact) mass is 274 g/mol. The van der Waals surface area contributed by atoms with E-state index in [0.29, 0.717) is 0 Å². The lowest BCUT2D eigenvalue weighted by molar-refractivity contribution is 1.55. The Morgan fingerprint density at radius 2 is 2.18 bits per heavy atom. The molecule has 0 aliphatic rings. The highest BCUT2D eigenvalue weighted by atomic mass is 127. The third kappa shape index (κ3) is 1.29. The van der Waals surface area contributed by atoms with E-state index in [-0.39, 0.29) is 0 Å². The molecule has 0 aliphatic heterocycles. The molecule has 2 aromatic rings. The minimum Gasteiger partial charge on any atom is -0.129 e. The number of benzene rings is 1.